The van der Waals surface area contributed by atoms with Gasteiger partial charge in [-0.15, -0.1) is 0 Å². The normalized spacial score (nSPS) is 12.7. The molecule has 0 rings (SSSR count). The highest BCUT2D eigenvalue weighted by molar-refractivity contribution is 5.76. The zero-order valence-electron chi connectivity index (χ0n) is 45.9. The van der Waals surface area contributed by atoms with E-state index in [4.69, 9.17) is 4.74 Å². The Hall–Kier alpha value is -1.66. The summed E-state index contributed by atoms with van der Waals surface area (Å²) >= 11 is 0. The van der Waals surface area contributed by atoms with Crippen molar-refractivity contribution in [2.24, 2.45) is 0 Å². The third-order valence-corrected chi connectivity index (χ3v) is 14.3. The largest absolute Gasteiger partial charge is 0.466 e. The first-order chi connectivity index (χ1) is 33.5. The van der Waals surface area contributed by atoms with Crippen molar-refractivity contribution in [3.05, 3.63) is 24.3 Å². The number of unbranched alkanes of at least 4 members (excludes halogenated alkanes) is 43. The lowest BCUT2D eigenvalue weighted by molar-refractivity contribution is -0.143. The van der Waals surface area contributed by atoms with Crippen LogP contribution < -0.4 is 5.32 Å². The molecule has 0 aromatic heterocycles. The van der Waals surface area contributed by atoms with Crippen molar-refractivity contribution in [1.82, 2.24) is 5.32 Å². The fraction of sp³-hybridized carbons (Fsp3) is 0.903. The molecule has 0 bridgehead atoms. The highest BCUT2D eigenvalue weighted by Crippen LogP contribution is 2.18. The molecular formula is C62H119NO5. The fourth-order valence-corrected chi connectivity index (χ4v) is 9.57. The number of carbonyl (C=O) groups excluding carboxylic acids is 2. The smallest absolute Gasteiger partial charge is 0.305 e. The molecule has 0 radical (unpaired) electrons. The van der Waals surface area contributed by atoms with Crippen LogP contribution >= 0.6 is 0 Å². The van der Waals surface area contributed by atoms with Gasteiger partial charge in [0.1, 0.15) is 0 Å². The molecule has 68 heavy (non-hydrogen) atoms. The Kier molecular flexibility index (Phi) is 56.5. The van der Waals surface area contributed by atoms with Gasteiger partial charge < -0.3 is 20.3 Å². The molecule has 2 unspecified atom stereocenters. The van der Waals surface area contributed by atoms with Gasteiger partial charge in [-0.3, -0.25) is 9.59 Å². The monoisotopic (exact) mass is 958 g/mol. The van der Waals surface area contributed by atoms with Crippen molar-refractivity contribution in [3.8, 4) is 0 Å². The Morgan fingerprint density at radius 2 is 0.721 bits per heavy atom. The molecule has 0 aliphatic rings. The summed E-state index contributed by atoms with van der Waals surface area (Å²) < 4.78 is 5.47. The standard InChI is InChI=1S/C62H119NO5/c1-3-5-7-9-11-13-15-17-19-21-22-24-28-32-36-40-44-48-52-56-62(67)68-57-53-49-45-41-37-33-29-25-27-31-35-39-43-47-51-55-61(66)63-59(58-64)60(65)54-50-46-42-38-34-30-26-23-20-18-16-14-12-10-8-6-4-2/h25,29,33,37,59-60,64-65H,3-24,26-28,30-32,34-36,38-58H2,1-2H3,(H,63,66)/b29-25-,37-33-. The van der Waals surface area contributed by atoms with Gasteiger partial charge in [0.2, 0.25) is 5.91 Å². The van der Waals surface area contributed by atoms with E-state index in [0.717, 1.165) is 77.0 Å². The Morgan fingerprint density at radius 3 is 1.09 bits per heavy atom. The van der Waals surface area contributed by atoms with Crippen molar-refractivity contribution in [2.75, 3.05) is 13.2 Å². The quantitative estimate of drug-likeness (QED) is 0.0321. The molecule has 0 saturated carbocycles. The summed E-state index contributed by atoms with van der Waals surface area (Å²) in [5, 5.41) is 23.3. The van der Waals surface area contributed by atoms with Crippen LogP contribution in [0.5, 0.6) is 0 Å². The number of hydrogen-bond donors (Lipinski definition) is 3. The lowest BCUT2D eigenvalue weighted by Gasteiger charge is -2.22. The van der Waals surface area contributed by atoms with Crippen LogP contribution in [0.2, 0.25) is 0 Å². The predicted molar refractivity (Wildman–Crippen MR) is 296 cm³/mol. The second kappa shape index (κ2) is 57.9. The van der Waals surface area contributed by atoms with Gasteiger partial charge in [0.25, 0.3) is 0 Å². The topological polar surface area (TPSA) is 95.9 Å². The lowest BCUT2D eigenvalue weighted by Crippen LogP contribution is -2.45. The highest BCUT2D eigenvalue weighted by Gasteiger charge is 2.20. The Balaban J connectivity index is 3.48. The van der Waals surface area contributed by atoms with Gasteiger partial charge in [-0.05, 0) is 57.8 Å². The van der Waals surface area contributed by atoms with Crippen molar-refractivity contribution < 1.29 is 24.5 Å². The summed E-state index contributed by atoms with van der Waals surface area (Å²) in [4.78, 5) is 24.6. The Labute approximate surface area is 424 Å². The van der Waals surface area contributed by atoms with Crippen LogP contribution in [0.15, 0.2) is 24.3 Å². The molecule has 0 aromatic carbocycles. The number of aliphatic hydroxyl groups is 2. The predicted octanol–water partition coefficient (Wildman–Crippen LogP) is 19.0. The molecule has 0 aliphatic heterocycles. The highest BCUT2D eigenvalue weighted by atomic mass is 16.5. The van der Waals surface area contributed by atoms with Crippen LogP contribution in [-0.2, 0) is 14.3 Å². The zero-order chi connectivity index (χ0) is 49.3. The summed E-state index contributed by atoms with van der Waals surface area (Å²) in [6, 6.07) is -0.558. The summed E-state index contributed by atoms with van der Waals surface area (Å²) in [7, 11) is 0. The van der Waals surface area contributed by atoms with Crippen LogP contribution in [0.3, 0.4) is 0 Å². The second-order valence-corrected chi connectivity index (χ2v) is 21.1. The maximum atomic E-state index is 12.5. The van der Waals surface area contributed by atoms with Gasteiger partial charge in [0.15, 0.2) is 0 Å². The summed E-state index contributed by atoms with van der Waals surface area (Å²) in [5.74, 6) is -0.0713. The average Bonchev–Trinajstić information content (AvgIpc) is 3.34. The Bertz CT molecular complexity index is 1060. The molecule has 0 fully saturated rings. The first-order valence-electron chi connectivity index (χ1n) is 30.6. The molecule has 3 N–H and O–H groups in total. The zero-order valence-corrected chi connectivity index (χ0v) is 45.9. The number of allylic oxidation sites excluding steroid dienone is 4. The minimum atomic E-state index is -0.679. The van der Waals surface area contributed by atoms with Crippen molar-refractivity contribution >= 4 is 11.9 Å². The lowest BCUT2D eigenvalue weighted by atomic mass is 10.0. The van der Waals surface area contributed by atoms with Gasteiger partial charge in [0.05, 0.1) is 25.4 Å². The molecule has 0 aromatic rings. The van der Waals surface area contributed by atoms with Crippen LogP contribution in [0, 0.1) is 0 Å². The minimum Gasteiger partial charge on any atom is -0.466 e. The molecule has 0 heterocycles. The molecular weight excluding hydrogens is 839 g/mol. The summed E-state index contributed by atoms with van der Waals surface area (Å²) in [6.07, 6.45) is 70.4. The molecule has 0 aliphatic carbocycles. The summed E-state index contributed by atoms with van der Waals surface area (Å²) in [6.45, 7) is 4.92. The van der Waals surface area contributed by atoms with Gasteiger partial charge in [-0.1, -0.05) is 289 Å². The molecule has 0 saturated heterocycles. The summed E-state index contributed by atoms with van der Waals surface area (Å²) in [5.41, 5.74) is 0. The van der Waals surface area contributed by atoms with Crippen LogP contribution in [0.25, 0.3) is 0 Å². The van der Waals surface area contributed by atoms with Crippen molar-refractivity contribution in [1.29, 1.82) is 0 Å². The molecule has 1 amide bonds. The van der Waals surface area contributed by atoms with E-state index >= 15 is 0 Å². The number of aliphatic hydroxyl groups excluding tert-OH is 2. The fourth-order valence-electron chi connectivity index (χ4n) is 9.57. The van der Waals surface area contributed by atoms with E-state index in [-0.39, 0.29) is 18.5 Å². The van der Waals surface area contributed by atoms with E-state index in [9.17, 15) is 19.8 Å². The van der Waals surface area contributed by atoms with Crippen LogP contribution in [0.1, 0.15) is 335 Å². The Morgan fingerprint density at radius 1 is 0.412 bits per heavy atom. The van der Waals surface area contributed by atoms with E-state index in [2.05, 4.69) is 43.5 Å². The van der Waals surface area contributed by atoms with Gasteiger partial charge in [-0.2, -0.15) is 0 Å². The molecule has 6 nitrogen and oxygen atoms in total. The molecule has 2 atom stereocenters. The van der Waals surface area contributed by atoms with Crippen LogP contribution in [-0.4, -0.2) is 47.4 Å². The van der Waals surface area contributed by atoms with Crippen molar-refractivity contribution in [3.63, 3.8) is 0 Å². The number of esters is 1. The molecule has 0 spiro atoms. The maximum Gasteiger partial charge on any atom is 0.305 e. The number of nitrogens with one attached hydrogen (secondary N) is 1. The molecule has 402 valence electrons. The van der Waals surface area contributed by atoms with E-state index in [1.807, 2.05) is 0 Å². The van der Waals surface area contributed by atoms with Gasteiger partial charge in [0, 0.05) is 12.8 Å². The van der Waals surface area contributed by atoms with E-state index in [1.54, 1.807) is 0 Å². The van der Waals surface area contributed by atoms with Crippen LogP contribution in [0.4, 0.5) is 0 Å². The van der Waals surface area contributed by atoms with E-state index in [1.165, 1.54) is 225 Å². The first kappa shape index (κ1) is 66.3. The number of rotatable bonds is 57. The third kappa shape index (κ3) is 53.7. The minimum absolute atomic E-state index is 0.0163. The van der Waals surface area contributed by atoms with E-state index in [0.29, 0.717) is 25.9 Å². The average molecular weight is 959 g/mol. The second-order valence-electron chi connectivity index (χ2n) is 21.1. The number of hydrogen-bond acceptors (Lipinski definition) is 5. The SMILES string of the molecule is CCCCCCCCCCCCCCCCCCCCCC(=O)OCCCCC/C=C\C=C/CCCCCCCCC(=O)NC(CO)C(O)CCCCCCCCCCCCCCCCCCC. The number of ether oxygens (including phenoxy) is 1. The molecule has 6 heteroatoms. The van der Waals surface area contributed by atoms with Crippen molar-refractivity contribution in [2.45, 2.75) is 347 Å². The van der Waals surface area contributed by atoms with Gasteiger partial charge >= 0.3 is 5.97 Å². The maximum absolute atomic E-state index is 12.5. The number of amides is 1. The van der Waals surface area contributed by atoms with Gasteiger partial charge in [-0.25, -0.2) is 0 Å². The first-order valence-corrected chi connectivity index (χ1v) is 30.6. The number of carbonyl (C=O) groups is 2. The third-order valence-electron chi connectivity index (χ3n) is 14.3. The van der Waals surface area contributed by atoms with E-state index < -0.39 is 12.1 Å².